The predicted molar refractivity (Wildman–Crippen MR) is 105 cm³/mol. The Bertz CT molecular complexity index is 718. The summed E-state index contributed by atoms with van der Waals surface area (Å²) in [6.45, 7) is 9.80. The SMILES string of the molecule is CCN(CC)CCNC(=O)C1CCN(c2ccnc3ncccc23)CC1. The number of hydrogen-bond donors (Lipinski definition) is 1. The molecule has 1 aliphatic heterocycles. The molecule has 1 fully saturated rings. The highest BCUT2D eigenvalue weighted by atomic mass is 16.1. The van der Waals surface area contributed by atoms with Gasteiger partial charge in [0.15, 0.2) is 5.65 Å². The molecule has 2 aromatic rings. The third kappa shape index (κ3) is 4.30. The lowest BCUT2D eigenvalue weighted by atomic mass is 9.95. The molecule has 0 atom stereocenters. The average molecular weight is 355 g/mol. The second-order valence-corrected chi connectivity index (χ2v) is 6.78. The van der Waals surface area contributed by atoms with Crippen molar-refractivity contribution < 1.29 is 4.79 Å². The monoisotopic (exact) mass is 355 g/mol. The summed E-state index contributed by atoms with van der Waals surface area (Å²) in [5, 5.41) is 4.20. The number of aromatic nitrogens is 2. The second kappa shape index (κ2) is 8.94. The van der Waals surface area contributed by atoms with Gasteiger partial charge in [-0.15, -0.1) is 0 Å². The number of carbonyl (C=O) groups is 1. The lowest BCUT2D eigenvalue weighted by molar-refractivity contribution is -0.125. The first kappa shape index (κ1) is 18.6. The topological polar surface area (TPSA) is 61.4 Å². The summed E-state index contributed by atoms with van der Waals surface area (Å²) in [4.78, 5) is 25.8. The van der Waals surface area contributed by atoms with E-state index in [1.807, 2.05) is 12.3 Å². The lowest BCUT2D eigenvalue weighted by Crippen LogP contribution is -2.42. The van der Waals surface area contributed by atoms with E-state index in [-0.39, 0.29) is 11.8 Å². The molecule has 0 saturated carbocycles. The van der Waals surface area contributed by atoms with E-state index in [1.54, 1.807) is 6.20 Å². The van der Waals surface area contributed by atoms with Crippen LogP contribution in [-0.2, 0) is 4.79 Å². The molecule has 0 spiro atoms. The number of piperidine rings is 1. The molecule has 1 saturated heterocycles. The first-order valence-corrected chi connectivity index (χ1v) is 9.67. The molecule has 3 rings (SSSR count). The molecule has 6 heteroatoms. The third-order valence-electron chi connectivity index (χ3n) is 5.32. The Morgan fingerprint density at radius 1 is 1.19 bits per heavy atom. The van der Waals surface area contributed by atoms with Crippen molar-refractivity contribution in [2.75, 3.05) is 44.2 Å². The Hall–Kier alpha value is -2.21. The van der Waals surface area contributed by atoms with Crippen molar-refractivity contribution in [2.24, 2.45) is 5.92 Å². The van der Waals surface area contributed by atoms with E-state index in [9.17, 15) is 4.79 Å². The van der Waals surface area contributed by atoms with E-state index in [4.69, 9.17) is 0 Å². The maximum atomic E-state index is 12.4. The number of hydrogen-bond acceptors (Lipinski definition) is 5. The van der Waals surface area contributed by atoms with E-state index in [0.29, 0.717) is 0 Å². The van der Waals surface area contributed by atoms with Gasteiger partial charge in [0, 0.05) is 55.6 Å². The minimum atomic E-state index is 0.120. The van der Waals surface area contributed by atoms with E-state index in [1.165, 1.54) is 5.69 Å². The fourth-order valence-electron chi connectivity index (χ4n) is 3.65. The largest absolute Gasteiger partial charge is 0.371 e. The van der Waals surface area contributed by atoms with Crippen molar-refractivity contribution in [2.45, 2.75) is 26.7 Å². The zero-order chi connectivity index (χ0) is 18.4. The first-order valence-electron chi connectivity index (χ1n) is 9.67. The number of fused-ring (bicyclic) bond motifs is 1. The Labute approximate surface area is 155 Å². The molecule has 1 amide bonds. The zero-order valence-corrected chi connectivity index (χ0v) is 15.8. The number of likely N-dealkylation sites (N-methyl/N-ethyl adjacent to an activating group) is 1. The smallest absolute Gasteiger partial charge is 0.223 e. The number of nitrogens with one attached hydrogen (secondary N) is 1. The molecule has 0 unspecified atom stereocenters. The Morgan fingerprint density at radius 2 is 1.92 bits per heavy atom. The quantitative estimate of drug-likeness (QED) is 0.826. The van der Waals surface area contributed by atoms with Crippen LogP contribution in [0.5, 0.6) is 0 Å². The van der Waals surface area contributed by atoms with Gasteiger partial charge in [-0.3, -0.25) is 4.79 Å². The second-order valence-electron chi connectivity index (χ2n) is 6.78. The maximum absolute atomic E-state index is 12.4. The van der Waals surface area contributed by atoms with Gasteiger partial charge in [-0.05, 0) is 44.1 Å². The van der Waals surface area contributed by atoms with Crippen molar-refractivity contribution in [3.05, 3.63) is 30.6 Å². The van der Waals surface area contributed by atoms with Gasteiger partial charge >= 0.3 is 0 Å². The van der Waals surface area contributed by atoms with Gasteiger partial charge in [0.1, 0.15) is 0 Å². The molecule has 1 N–H and O–H groups in total. The number of anilines is 1. The molecule has 26 heavy (non-hydrogen) atoms. The van der Waals surface area contributed by atoms with Gasteiger partial charge in [0.25, 0.3) is 0 Å². The van der Waals surface area contributed by atoms with Gasteiger partial charge in [0.2, 0.25) is 5.91 Å². The molecule has 3 heterocycles. The summed E-state index contributed by atoms with van der Waals surface area (Å²) in [6.07, 6.45) is 5.37. The Kier molecular flexibility index (Phi) is 6.39. The minimum Gasteiger partial charge on any atom is -0.371 e. The molecular weight excluding hydrogens is 326 g/mol. The molecule has 140 valence electrons. The molecule has 0 aliphatic carbocycles. The maximum Gasteiger partial charge on any atom is 0.223 e. The van der Waals surface area contributed by atoms with Crippen LogP contribution in [0.15, 0.2) is 30.6 Å². The lowest BCUT2D eigenvalue weighted by Gasteiger charge is -2.33. The number of amides is 1. The normalized spacial score (nSPS) is 15.6. The van der Waals surface area contributed by atoms with E-state index < -0.39 is 0 Å². The van der Waals surface area contributed by atoms with Gasteiger partial charge in [-0.2, -0.15) is 0 Å². The predicted octanol–water partition coefficient (Wildman–Crippen LogP) is 2.30. The molecule has 6 nitrogen and oxygen atoms in total. The standard InChI is InChI=1S/C20H29N5O/c1-3-24(4-2)15-12-23-20(26)16-8-13-25(14-9-16)18-7-11-22-19-17(18)6-5-10-21-19/h5-7,10-11,16H,3-4,8-9,12-15H2,1-2H3,(H,23,26). The highest BCUT2D eigenvalue weighted by molar-refractivity contribution is 5.89. The minimum absolute atomic E-state index is 0.120. The van der Waals surface area contributed by atoms with Crippen LogP contribution in [0.1, 0.15) is 26.7 Å². The van der Waals surface area contributed by atoms with Crippen LogP contribution >= 0.6 is 0 Å². The van der Waals surface area contributed by atoms with Crippen molar-refractivity contribution in [3.8, 4) is 0 Å². The van der Waals surface area contributed by atoms with E-state index in [2.05, 4.69) is 51.1 Å². The summed E-state index contributed by atoms with van der Waals surface area (Å²) >= 11 is 0. The van der Waals surface area contributed by atoms with Crippen molar-refractivity contribution in [1.82, 2.24) is 20.2 Å². The number of nitrogens with zero attached hydrogens (tertiary/aromatic N) is 4. The Morgan fingerprint density at radius 3 is 2.65 bits per heavy atom. The van der Waals surface area contributed by atoms with Crippen LogP contribution in [0.2, 0.25) is 0 Å². The summed E-state index contributed by atoms with van der Waals surface area (Å²) in [5.41, 5.74) is 1.95. The first-order chi connectivity index (χ1) is 12.7. The highest BCUT2D eigenvalue weighted by Gasteiger charge is 2.25. The van der Waals surface area contributed by atoms with Crippen LogP contribution in [0.3, 0.4) is 0 Å². The molecule has 2 aromatic heterocycles. The van der Waals surface area contributed by atoms with Crippen LogP contribution in [0, 0.1) is 5.92 Å². The molecule has 1 aliphatic rings. The van der Waals surface area contributed by atoms with Crippen molar-refractivity contribution >= 4 is 22.6 Å². The highest BCUT2D eigenvalue weighted by Crippen LogP contribution is 2.28. The average Bonchev–Trinajstić information content (AvgIpc) is 2.71. The van der Waals surface area contributed by atoms with E-state index in [0.717, 1.165) is 63.1 Å². The van der Waals surface area contributed by atoms with Crippen LogP contribution in [0.25, 0.3) is 11.0 Å². The summed E-state index contributed by atoms with van der Waals surface area (Å²) in [5.74, 6) is 0.326. The summed E-state index contributed by atoms with van der Waals surface area (Å²) in [6, 6.07) is 6.06. The summed E-state index contributed by atoms with van der Waals surface area (Å²) < 4.78 is 0. The van der Waals surface area contributed by atoms with E-state index >= 15 is 0 Å². The van der Waals surface area contributed by atoms with Gasteiger partial charge in [-0.25, -0.2) is 9.97 Å². The van der Waals surface area contributed by atoms with Crippen molar-refractivity contribution in [3.63, 3.8) is 0 Å². The molecule has 0 aromatic carbocycles. The fraction of sp³-hybridized carbons (Fsp3) is 0.550. The van der Waals surface area contributed by atoms with Gasteiger partial charge in [-0.1, -0.05) is 13.8 Å². The molecule has 0 bridgehead atoms. The third-order valence-corrected chi connectivity index (χ3v) is 5.32. The molecular formula is C20H29N5O. The van der Waals surface area contributed by atoms with Gasteiger partial charge in [0.05, 0.1) is 0 Å². The number of rotatable bonds is 7. The van der Waals surface area contributed by atoms with Crippen LogP contribution < -0.4 is 10.2 Å². The van der Waals surface area contributed by atoms with Crippen molar-refractivity contribution in [1.29, 1.82) is 0 Å². The Balaban J connectivity index is 1.53. The fourth-order valence-corrected chi connectivity index (χ4v) is 3.65. The number of carbonyl (C=O) groups excluding carboxylic acids is 1. The molecule has 0 radical (unpaired) electrons. The number of pyridine rings is 2. The summed E-state index contributed by atoms with van der Waals surface area (Å²) in [7, 11) is 0. The van der Waals surface area contributed by atoms with Crippen LogP contribution in [-0.4, -0.2) is 60.0 Å². The van der Waals surface area contributed by atoms with Gasteiger partial charge < -0.3 is 15.1 Å². The zero-order valence-electron chi connectivity index (χ0n) is 15.8. The van der Waals surface area contributed by atoms with Crippen LogP contribution in [0.4, 0.5) is 5.69 Å².